The van der Waals surface area contributed by atoms with Gasteiger partial charge in [-0.3, -0.25) is 0 Å². The molecule has 0 fully saturated rings. The molecule has 114 valence electrons. The van der Waals surface area contributed by atoms with Crippen molar-refractivity contribution in [1.29, 1.82) is 5.26 Å². The van der Waals surface area contributed by atoms with Gasteiger partial charge in [0, 0.05) is 6.08 Å². The molecule has 1 rings (SSSR count). The molecule has 0 bridgehead atoms. The van der Waals surface area contributed by atoms with Gasteiger partial charge in [-0.2, -0.15) is 5.26 Å². The lowest BCUT2D eigenvalue weighted by molar-refractivity contribution is -0.141. The Kier molecular flexibility index (Phi) is 5.41. The van der Waals surface area contributed by atoms with Gasteiger partial charge in [-0.15, -0.1) is 0 Å². The Hall–Kier alpha value is -3.14. The van der Waals surface area contributed by atoms with Crippen LogP contribution >= 0.6 is 0 Å². The predicted octanol–water partition coefficient (Wildman–Crippen LogP) is 1.94. The molecule has 0 aliphatic rings. The van der Waals surface area contributed by atoms with E-state index < -0.39 is 29.0 Å². The SMILES string of the molecule is CC(C)OC(=O)C=C(C#N)c1ccc(C(=O)O)c(C(=O)O)c1. The Labute approximate surface area is 126 Å². The maximum Gasteiger partial charge on any atom is 0.336 e. The van der Waals surface area contributed by atoms with E-state index in [4.69, 9.17) is 20.2 Å². The molecule has 0 unspecified atom stereocenters. The number of nitriles is 1. The number of carboxylic acids is 2. The average molecular weight is 303 g/mol. The molecule has 1 aromatic rings. The van der Waals surface area contributed by atoms with Crippen LogP contribution < -0.4 is 0 Å². The maximum atomic E-state index is 11.5. The van der Waals surface area contributed by atoms with Crippen LogP contribution in [-0.2, 0) is 9.53 Å². The molecule has 0 aliphatic carbocycles. The van der Waals surface area contributed by atoms with E-state index in [0.717, 1.165) is 18.2 Å². The fraction of sp³-hybridized carbons (Fsp3) is 0.200. The summed E-state index contributed by atoms with van der Waals surface area (Å²) in [5.74, 6) is -3.59. The van der Waals surface area contributed by atoms with Crippen LogP contribution in [0.1, 0.15) is 40.1 Å². The maximum absolute atomic E-state index is 11.5. The van der Waals surface area contributed by atoms with Crippen molar-refractivity contribution >= 4 is 23.5 Å². The molecule has 22 heavy (non-hydrogen) atoms. The number of nitrogens with zero attached hydrogens (tertiary/aromatic N) is 1. The fourth-order valence-electron chi connectivity index (χ4n) is 1.64. The third kappa shape index (κ3) is 4.18. The second kappa shape index (κ2) is 7.04. The van der Waals surface area contributed by atoms with Crippen LogP contribution in [0, 0.1) is 11.3 Å². The number of allylic oxidation sites excluding steroid dienone is 1. The molecule has 0 radical (unpaired) electrons. The van der Waals surface area contributed by atoms with Crippen molar-refractivity contribution in [3.05, 3.63) is 41.0 Å². The van der Waals surface area contributed by atoms with E-state index in [2.05, 4.69) is 0 Å². The van der Waals surface area contributed by atoms with Gasteiger partial charge in [-0.1, -0.05) is 6.07 Å². The molecule has 0 heterocycles. The molecule has 0 aliphatic heterocycles. The number of esters is 1. The van der Waals surface area contributed by atoms with Gasteiger partial charge in [0.15, 0.2) is 0 Å². The van der Waals surface area contributed by atoms with Crippen LogP contribution in [0.25, 0.3) is 5.57 Å². The molecule has 0 saturated heterocycles. The summed E-state index contributed by atoms with van der Waals surface area (Å²) in [6, 6.07) is 5.12. The van der Waals surface area contributed by atoms with Gasteiger partial charge >= 0.3 is 17.9 Å². The lowest BCUT2D eigenvalue weighted by atomic mass is 9.99. The summed E-state index contributed by atoms with van der Waals surface area (Å²) >= 11 is 0. The largest absolute Gasteiger partial charge is 0.478 e. The van der Waals surface area contributed by atoms with Crippen LogP contribution in [0.4, 0.5) is 0 Å². The lowest BCUT2D eigenvalue weighted by Gasteiger charge is -2.07. The second-order valence-electron chi connectivity index (χ2n) is 4.53. The number of aromatic carboxylic acids is 2. The number of ether oxygens (including phenoxy) is 1. The molecular weight excluding hydrogens is 290 g/mol. The zero-order valence-electron chi connectivity index (χ0n) is 11.9. The number of carbonyl (C=O) groups is 3. The first-order chi connectivity index (χ1) is 10.3. The van der Waals surface area contributed by atoms with Crippen molar-refractivity contribution in [2.24, 2.45) is 0 Å². The smallest absolute Gasteiger partial charge is 0.336 e. The molecule has 0 aromatic heterocycles. The Morgan fingerprint density at radius 3 is 2.23 bits per heavy atom. The van der Waals surface area contributed by atoms with E-state index in [9.17, 15) is 14.4 Å². The zero-order chi connectivity index (χ0) is 16.9. The van der Waals surface area contributed by atoms with Crippen molar-refractivity contribution in [3.63, 3.8) is 0 Å². The van der Waals surface area contributed by atoms with Crippen LogP contribution in [0.5, 0.6) is 0 Å². The minimum Gasteiger partial charge on any atom is -0.478 e. The molecule has 7 nitrogen and oxygen atoms in total. The average Bonchev–Trinajstić information content (AvgIpc) is 2.43. The van der Waals surface area contributed by atoms with Crippen molar-refractivity contribution in [2.75, 3.05) is 0 Å². The molecular formula is C15H13NO6. The van der Waals surface area contributed by atoms with E-state index in [-0.39, 0.29) is 17.2 Å². The van der Waals surface area contributed by atoms with E-state index in [1.165, 1.54) is 6.07 Å². The van der Waals surface area contributed by atoms with E-state index >= 15 is 0 Å². The summed E-state index contributed by atoms with van der Waals surface area (Å²) in [4.78, 5) is 33.6. The van der Waals surface area contributed by atoms with Crippen LogP contribution in [0.2, 0.25) is 0 Å². The van der Waals surface area contributed by atoms with Crippen molar-refractivity contribution in [2.45, 2.75) is 20.0 Å². The summed E-state index contributed by atoms with van der Waals surface area (Å²) in [7, 11) is 0. The molecule has 7 heteroatoms. The summed E-state index contributed by atoms with van der Waals surface area (Å²) in [6.45, 7) is 3.28. The third-order valence-electron chi connectivity index (χ3n) is 2.53. The van der Waals surface area contributed by atoms with Crippen LogP contribution in [-0.4, -0.2) is 34.2 Å². The van der Waals surface area contributed by atoms with Gasteiger partial charge in [-0.05, 0) is 31.5 Å². The first kappa shape index (κ1) is 16.9. The summed E-state index contributed by atoms with van der Waals surface area (Å²) < 4.78 is 4.87. The molecule has 0 atom stereocenters. The first-order valence-corrected chi connectivity index (χ1v) is 6.19. The van der Waals surface area contributed by atoms with Crippen LogP contribution in [0.15, 0.2) is 24.3 Å². The highest BCUT2D eigenvalue weighted by atomic mass is 16.5. The standard InChI is InChI=1S/C15H13NO6/c1-8(2)22-13(17)6-10(7-16)9-3-4-11(14(18)19)12(5-9)15(20)21/h3-6,8H,1-2H3,(H,18,19)(H,20,21). The van der Waals surface area contributed by atoms with Gasteiger partial charge in [0.1, 0.15) is 6.07 Å². The molecule has 1 aromatic carbocycles. The van der Waals surface area contributed by atoms with Gasteiger partial charge < -0.3 is 14.9 Å². The van der Waals surface area contributed by atoms with Crippen molar-refractivity contribution < 1.29 is 29.3 Å². The second-order valence-corrected chi connectivity index (χ2v) is 4.53. The third-order valence-corrected chi connectivity index (χ3v) is 2.53. The number of carbonyl (C=O) groups excluding carboxylic acids is 1. The fourth-order valence-corrected chi connectivity index (χ4v) is 1.64. The van der Waals surface area contributed by atoms with E-state index in [0.29, 0.717) is 0 Å². The van der Waals surface area contributed by atoms with Gasteiger partial charge in [0.25, 0.3) is 0 Å². The molecule has 2 N–H and O–H groups in total. The minimum absolute atomic E-state index is 0.116. The van der Waals surface area contributed by atoms with Crippen molar-refractivity contribution in [1.82, 2.24) is 0 Å². The number of hydrogen-bond acceptors (Lipinski definition) is 5. The monoisotopic (exact) mass is 303 g/mol. The lowest BCUT2D eigenvalue weighted by Crippen LogP contribution is -2.10. The quantitative estimate of drug-likeness (QED) is 0.483. The Morgan fingerprint density at radius 1 is 1.18 bits per heavy atom. The van der Waals surface area contributed by atoms with E-state index in [1.807, 2.05) is 0 Å². The molecule has 0 amide bonds. The zero-order valence-corrected chi connectivity index (χ0v) is 11.9. The Morgan fingerprint density at radius 2 is 1.77 bits per heavy atom. The Balaban J connectivity index is 3.30. The first-order valence-electron chi connectivity index (χ1n) is 6.19. The highest BCUT2D eigenvalue weighted by molar-refractivity contribution is 6.03. The topological polar surface area (TPSA) is 125 Å². The Bertz CT molecular complexity index is 696. The van der Waals surface area contributed by atoms with Gasteiger partial charge in [-0.25, -0.2) is 14.4 Å². The highest BCUT2D eigenvalue weighted by Gasteiger charge is 2.18. The number of carboxylic acid groups (broad SMARTS) is 2. The predicted molar refractivity (Wildman–Crippen MR) is 75.2 cm³/mol. The summed E-state index contributed by atoms with van der Waals surface area (Å²) in [5.41, 5.74) is -0.877. The van der Waals surface area contributed by atoms with Crippen molar-refractivity contribution in [3.8, 4) is 6.07 Å². The number of benzene rings is 1. The van der Waals surface area contributed by atoms with Gasteiger partial charge in [0.05, 0.1) is 22.8 Å². The number of rotatable bonds is 5. The highest BCUT2D eigenvalue weighted by Crippen LogP contribution is 2.19. The summed E-state index contributed by atoms with van der Waals surface area (Å²) in [6.07, 6.45) is 0.564. The van der Waals surface area contributed by atoms with E-state index in [1.54, 1.807) is 19.9 Å². The molecule has 0 spiro atoms. The molecule has 0 saturated carbocycles. The normalized spacial score (nSPS) is 10.9. The minimum atomic E-state index is -1.44. The number of hydrogen-bond donors (Lipinski definition) is 2. The van der Waals surface area contributed by atoms with Crippen LogP contribution in [0.3, 0.4) is 0 Å². The summed E-state index contributed by atoms with van der Waals surface area (Å²) in [5, 5.41) is 27.0. The van der Waals surface area contributed by atoms with Gasteiger partial charge in [0.2, 0.25) is 0 Å².